The quantitative estimate of drug-likeness (QED) is 0.866. The van der Waals surface area contributed by atoms with Gasteiger partial charge in [0.1, 0.15) is 11.6 Å². The number of nitrogens with one attached hydrogen (secondary N) is 1. The van der Waals surface area contributed by atoms with Gasteiger partial charge in [0.05, 0.1) is 6.10 Å². The van der Waals surface area contributed by atoms with Crippen molar-refractivity contribution in [1.82, 2.24) is 5.32 Å². The van der Waals surface area contributed by atoms with Crippen molar-refractivity contribution in [3.05, 3.63) is 35.4 Å². The summed E-state index contributed by atoms with van der Waals surface area (Å²) in [6, 6.07) is 3.60. The molecule has 2 nitrogen and oxygen atoms in total. The molecule has 1 fully saturated rings. The maximum Gasteiger partial charge on any atom is 0.131 e. The predicted octanol–water partition coefficient (Wildman–Crippen LogP) is 3.56. The number of aliphatic hydroxyl groups excluding tert-OH is 1. The molecule has 20 heavy (non-hydrogen) atoms. The van der Waals surface area contributed by atoms with Gasteiger partial charge in [-0.25, -0.2) is 8.78 Å². The van der Waals surface area contributed by atoms with Crippen LogP contribution in [0.1, 0.15) is 50.7 Å². The number of hydrogen-bond acceptors (Lipinski definition) is 2. The molecule has 0 saturated heterocycles. The third kappa shape index (κ3) is 4.00. The van der Waals surface area contributed by atoms with E-state index in [9.17, 15) is 13.9 Å². The number of hydrogen-bond donors (Lipinski definition) is 2. The van der Waals surface area contributed by atoms with Crippen molar-refractivity contribution in [3.63, 3.8) is 0 Å². The molecule has 1 aromatic rings. The molecule has 2 rings (SSSR count). The van der Waals surface area contributed by atoms with Crippen molar-refractivity contribution >= 4 is 0 Å². The SMILES string of the molecule is C[C@@H](NCC(O)c1ccc(F)cc1F)C1CCCCC1. The maximum absolute atomic E-state index is 13.6. The van der Waals surface area contributed by atoms with Crippen molar-refractivity contribution in [1.29, 1.82) is 0 Å². The van der Waals surface area contributed by atoms with Crippen LogP contribution in [0.2, 0.25) is 0 Å². The molecular formula is C16H23F2NO. The van der Waals surface area contributed by atoms with E-state index in [2.05, 4.69) is 12.2 Å². The number of benzene rings is 1. The minimum absolute atomic E-state index is 0.148. The second kappa shape index (κ2) is 7.14. The Morgan fingerprint density at radius 3 is 2.60 bits per heavy atom. The van der Waals surface area contributed by atoms with Gasteiger partial charge in [0.2, 0.25) is 0 Å². The molecule has 2 atom stereocenters. The molecule has 1 aliphatic carbocycles. The monoisotopic (exact) mass is 283 g/mol. The summed E-state index contributed by atoms with van der Waals surface area (Å²) in [5, 5.41) is 13.3. The van der Waals surface area contributed by atoms with Crippen LogP contribution in [0.4, 0.5) is 8.78 Å². The van der Waals surface area contributed by atoms with Gasteiger partial charge in [-0.05, 0) is 31.7 Å². The second-order valence-corrected chi connectivity index (χ2v) is 5.78. The van der Waals surface area contributed by atoms with Gasteiger partial charge in [-0.3, -0.25) is 0 Å². The van der Waals surface area contributed by atoms with Gasteiger partial charge in [-0.2, -0.15) is 0 Å². The average molecular weight is 283 g/mol. The summed E-state index contributed by atoms with van der Waals surface area (Å²) in [4.78, 5) is 0. The molecule has 0 bridgehead atoms. The molecule has 2 N–H and O–H groups in total. The Morgan fingerprint density at radius 2 is 1.95 bits per heavy atom. The van der Waals surface area contributed by atoms with E-state index < -0.39 is 17.7 Å². The highest BCUT2D eigenvalue weighted by molar-refractivity contribution is 5.21. The fourth-order valence-corrected chi connectivity index (χ4v) is 2.98. The first kappa shape index (κ1) is 15.4. The summed E-state index contributed by atoms with van der Waals surface area (Å²) in [6.07, 6.45) is 5.34. The van der Waals surface area contributed by atoms with Gasteiger partial charge in [0.15, 0.2) is 0 Å². The van der Waals surface area contributed by atoms with E-state index in [0.29, 0.717) is 18.5 Å². The fourth-order valence-electron chi connectivity index (χ4n) is 2.98. The van der Waals surface area contributed by atoms with Crippen LogP contribution in [0.15, 0.2) is 18.2 Å². The van der Waals surface area contributed by atoms with E-state index in [4.69, 9.17) is 0 Å². The summed E-state index contributed by atoms with van der Waals surface area (Å²) in [7, 11) is 0. The largest absolute Gasteiger partial charge is 0.387 e. The molecule has 0 radical (unpaired) electrons. The molecule has 0 amide bonds. The summed E-state index contributed by atoms with van der Waals surface area (Å²) in [6.45, 7) is 2.41. The highest BCUT2D eigenvalue weighted by Gasteiger charge is 2.21. The third-order valence-electron chi connectivity index (χ3n) is 4.31. The molecule has 4 heteroatoms. The summed E-state index contributed by atoms with van der Waals surface area (Å²) < 4.78 is 26.4. The maximum atomic E-state index is 13.6. The minimum atomic E-state index is -0.943. The van der Waals surface area contributed by atoms with Crippen LogP contribution in [0.3, 0.4) is 0 Å². The van der Waals surface area contributed by atoms with Crippen LogP contribution in [-0.4, -0.2) is 17.7 Å². The highest BCUT2D eigenvalue weighted by atomic mass is 19.1. The Bertz CT molecular complexity index is 432. The van der Waals surface area contributed by atoms with Crippen molar-refractivity contribution in [2.24, 2.45) is 5.92 Å². The zero-order valence-electron chi connectivity index (χ0n) is 11.9. The first-order valence-corrected chi connectivity index (χ1v) is 7.44. The van der Waals surface area contributed by atoms with Crippen molar-refractivity contribution in [2.75, 3.05) is 6.54 Å². The second-order valence-electron chi connectivity index (χ2n) is 5.78. The molecule has 1 aromatic carbocycles. The lowest BCUT2D eigenvalue weighted by Gasteiger charge is -2.29. The topological polar surface area (TPSA) is 32.3 Å². The Morgan fingerprint density at radius 1 is 1.25 bits per heavy atom. The van der Waals surface area contributed by atoms with Crippen LogP contribution in [0, 0.1) is 17.6 Å². The Labute approximate surface area is 119 Å². The molecular weight excluding hydrogens is 260 g/mol. The Kier molecular flexibility index (Phi) is 5.49. The smallest absolute Gasteiger partial charge is 0.131 e. The van der Waals surface area contributed by atoms with Gasteiger partial charge in [-0.15, -0.1) is 0 Å². The van der Waals surface area contributed by atoms with Gasteiger partial charge < -0.3 is 10.4 Å². The number of aliphatic hydroxyl groups is 1. The van der Waals surface area contributed by atoms with Crippen LogP contribution in [-0.2, 0) is 0 Å². The van der Waals surface area contributed by atoms with Gasteiger partial charge in [0, 0.05) is 24.2 Å². The Hall–Kier alpha value is -1.00. The van der Waals surface area contributed by atoms with Gasteiger partial charge in [0.25, 0.3) is 0 Å². The third-order valence-corrected chi connectivity index (χ3v) is 4.31. The fraction of sp³-hybridized carbons (Fsp3) is 0.625. The molecule has 0 aromatic heterocycles. The molecule has 0 aliphatic heterocycles. The van der Waals surface area contributed by atoms with E-state index in [1.165, 1.54) is 44.2 Å². The first-order valence-electron chi connectivity index (χ1n) is 7.44. The molecule has 1 unspecified atom stereocenters. The number of rotatable bonds is 5. The van der Waals surface area contributed by atoms with Crippen LogP contribution >= 0.6 is 0 Å². The highest BCUT2D eigenvalue weighted by Crippen LogP contribution is 2.26. The predicted molar refractivity (Wildman–Crippen MR) is 75.4 cm³/mol. The summed E-state index contributed by atoms with van der Waals surface area (Å²) in [5.41, 5.74) is 0.148. The molecule has 112 valence electrons. The van der Waals surface area contributed by atoms with Gasteiger partial charge >= 0.3 is 0 Å². The molecule has 1 aliphatic rings. The summed E-state index contributed by atoms with van der Waals surface area (Å²) in [5.74, 6) is -0.680. The standard InChI is InChI=1S/C16H23F2NO/c1-11(12-5-3-2-4-6-12)19-10-16(20)14-8-7-13(17)9-15(14)18/h7-9,11-12,16,19-20H,2-6,10H2,1H3/t11-,16?/m1/s1. The van der Waals surface area contributed by atoms with Crippen molar-refractivity contribution in [2.45, 2.75) is 51.2 Å². The van der Waals surface area contributed by atoms with Crippen LogP contribution in [0.5, 0.6) is 0 Å². The van der Waals surface area contributed by atoms with Crippen molar-refractivity contribution in [3.8, 4) is 0 Å². The minimum Gasteiger partial charge on any atom is -0.387 e. The number of halogens is 2. The first-order chi connectivity index (χ1) is 9.58. The summed E-state index contributed by atoms with van der Waals surface area (Å²) >= 11 is 0. The van der Waals surface area contributed by atoms with E-state index in [1.54, 1.807) is 0 Å². The van der Waals surface area contributed by atoms with Crippen molar-refractivity contribution < 1.29 is 13.9 Å². The van der Waals surface area contributed by atoms with Gasteiger partial charge in [-0.1, -0.05) is 25.3 Å². The van der Waals surface area contributed by atoms with Crippen LogP contribution < -0.4 is 5.32 Å². The zero-order valence-corrected chi connectivity index (χ0v) is 11.9. The van der Waals surface area contributed by atoms with Crippen LogP contribution in [0.25, 0.3) is 0 Å². The molecule has 1 saturated carbocycles. The lowest BCUT2D eigenvalue weighted by molar-refractivity contribution is 0.157. The van der Waals surface area contributed by atoms with E-state index >= 15 is 0 Å². The zero-order chi connectivity index (χ0) is 14.5. The van der Waals surface area contributed by atoms with E-state index in [-0.39, 0.29) is 5.56 Å². The lowest BCUT2D eigenvalue weighted by atomic mass is 9.84. The normalized spacial score (nSPS) is 19.8. The van der Waals surface area contributed by atoms with E-state index in [0.717, 1.165) is 6.07 Å². The Balaban J connectivity index is 1.86. The average Bonchev–Trinajstić information content (AvgIpc) is 2.45. The lowest BCUT2D eigenvalue weighted by Crippen LogP contribution is -2.37. The molecule has 0 heterocycles. The molecule has 0 spiro atoms. The van der Waals surface area contributed by atoms with E-state index in [1.807, 2.05) is 0 Å².